The largest absolute Gasteiger partial charge is 0.473 e. The van der Waals surface area contributed by atoms with Crippen LogP contribution in [0.25, 0.3) is 0 Å². The highest BCUT2D eigenvalue weighted by molar-refractivity contribution is 5.46. The van der Waals surface area contributed by atoms with Crippen molar-refractivity contribution in [3.8, 4) is 5.88 Å². The molecule has 1 aliphatic heterocycles. The van der Waals surface area contributed by atoms with Crippen LogP contribution in [0, 0.1) is 0 Å². The van der Waals surface area contributed by atoms with Gasteiger partial charge in [0.25, 0.3) is 5.88 Å². The Labute approximate surface area is 150 Å². The van der Waals surface area contributed by atoms with Crippen LogP contribution >= 0.6 is 0 Å². The minimum absolute atomic E-state index is 0.208. The van der Waals surface area contributed by atoms with Crippen molar-refractivity contribution in [1.29, 1.82) is 0 Å². The monoisotopic (exact) mass is 352 g/mol. The second kappa shape index (κ2) is 8.87. The van der Waals surface area contributed by atoms with Gasteiger partial charge in [-0.05, 0) is 39.5 Å². The van der Waals surface area contributed by atoms with Crippen molar-refractivity contribution in [1.82, 2.24) is 14.7 Å². The first-order chi connectivity index (χ1) is 12.1. The summed E-state index contributed by atoms with van der Waals surface area (Å²) < 4.78 is 18.6. The zero-order chi connectivity index (χ0) is 17.6. The second-order valence-electron chi connectivity index (χ2n) is 7.25. The van der Waals surface area contributed by atoms with Gasteiger partial charge in [0.2, 0.25) is 0 Å². The lowest BCUT2D eigenvalue weighted by atomic mass is 9.90. The van der Waals surface area contributed by atoms with Crippen molar-refractivity contribution in [2.24, 2.45) is 0 Å². The zero-order valence-corrected chi connectivity index (χ0v) is 15.5. The molecule has 2 N–H and O–H groups in total. The lowest BCUT2D eigenvalue weighted by Crippen LogP contribution is -2.45. The van der Waals surface area contributed by atoms with Gasteiger partial charge < -0.3 is 19.9 Å². The molecule has 25 heavy (non-hydrogen) atoms. The van der Waals surface area contributed by atoms with E-state index in [1.54, 1.807) is 0 Å². The predicted octanol–water partition coefficient (Wildman–Crippen LogP) is 2.08. The molecule has 0 atom stereocenters. The number of nitrogens with zero attached hydrogens (tertiary/aromatic N) is 3. The van der Waals surface area contributed by atoms with Crippen molar-refractivity contribution in [3.63, 3.8) is 0 Å². The maximum Gasteiger partial charge on any atom is 0.256 e. The third-order valence-corrected chi connectivity index (χ3v) is 5.10. The molecular formula is C18H32N4O3. The molecule has 7 heteroatoms. The summed E-state index contributed by atoms with van der Waals surface area (Å²) in [5, 5.41) is 4.57. The second-order valence-corrected chi connectivity index (χ2v) is 7.25. The van der Waals surface area contributed by atoms with Gasteiger partial charge in [-0.2, -0.15) is 0 Å². The Morgan fingerprint density at radius 1 is 1.16 bits per heavy atom. The molecule has 1 aromatic rings. The SMILES string of the molecule is CC(C)OCCOc1nn(C2CCC(N3CCOCC3)CC2)cc1N. The maximum absolute atomic E-state index is 6.06. The van der Waals surface area contributed by atoms with Gasteiger partial charge in [-0.15, -0.1) is 5.10 Å². The van der Waals surface area contributed by atoms with Gasteiger partial charge in [-0.1, -0.05) is 0 Å². The molecule has 1 saturated carbocycles. The predicted molar refractivity (Wildman–Crippen MR) is 96.9 cm³/mol. The van der Waals surface area contributed by atoms with Crippen LogP contribution in [-0.4, -0.2) is 66.3 Å². The first-order valence-electron chi connectivity index (χ1n) is 9.54. The van der Waals surface area contributed by atoms with E-state index in [1.165, 1.54) is 12.8 Å². The highest BCUT2D eigenvalue weighted by Crippen LogP contribution is 2.33. The molecule has 0 aromatic carbocycles. The van der Waals surface area contributed by atoms with E-state index < -0.39 is 0 Å². The van der Waals surface area contributed by atoms with Crippen LogP contribution in [0.3, 0.4) is 0 Å². The third-order valence-electron chi connectivity index (χ3n) is 5.10. The first-order valence-corrected chi connectivity index (χ1v) is 9.54. The number of aromatic nitrogens is 2. The number of hydrogen-bond donors (Lipinski definition) is 1. The minimum atomic E-state index is 0.208. The summed E-state index contributed by atoms with van der Waals surface area (Å²) >= 11 is 0. The fraction of sp³-hybridized carbons (Fsp3) is 0.833. The molecule has 0 unspecified atom stereocenters. The quantitative estimate of drug-likeness (QED) is 0.758. The number of morpholine rings is 1. The molecule has 7 nitrogen and oxygen atoms in total. The summed E-state index contributed by atoms with van der Waals surface area (Å²) in [5.74, 6) is 0.530. The third kappa shape index (κ3) is 5.09. The smallest absolute Gasteiger partial charge is 0.256 e. The Morgan fingerprint density at radius 3 is 2.52 bits per heavy atom. The number of anilines is 1. The van der Waals surface area contributed by atoms with Crippen LogP contribution in [0.1, 0.15) is 45.6 Å². The summed E-state index contributed by atoms with van der Waals surface area (Å²) in [5.41, 5.74) is 6.67. The van der Waals surface area contributed by atoms with Gasteiger partial charge in [-0.3, -0.25) is 9.58 Å². The number of hydrogen-bond acceptors (Lipinski definition) is 6. The van der Waals surface area contributed by atoms with Crippen molar-refractivity contribution in [3.05, 3.63) is 6.20 Å². The number of nitrogens with two attached hydrogens (primary N) is 1. The van der Waals surface area contributed by atoms with Crippen LogP contribution in [0.2, 0.25) is 0 Å². The molecule has 0 amide bonds. The highest BCUT2D eigenvalue weighted by atomic mass is 16.5. The normalized spacial score (nSPS) is 25.4. The van der Waals surface area contributed by atoms with E-state index in [9.17, 15) is 0 Å². The van der Waals surface area contributed by atoms with E-state index in [0.29, 0.717) is 36.9 Å². The van der Waals surface area contributed by atoms with Crippen LogP contribution in [-0.2, 0) is 9.47 Å². The fourth-order valence-electron chi connectivity index (χ4n) is 3.74. The lowest BCUT2D eigenvalue weighted by Gasteiger charge is -2.38. The Morgan fingerprint density at radius 2 is 1.84 bits per heavy atom. The van der Waals surface area contributed by atoms with Crippen molar-refractivity contribution in [2.75, 3.05) is 45.3 Å². The zero-order valence-electron chi connectivity index (χ0n) is 15.5. The molecule has 2 fully saturated rings. The number of nitrogen functional groups attached to an aromatic ring is 1. The van der Waals surface area contributed by atoms with Gasteiger partial charge in [0.15, 0.2) is 0 Å². The molecule has 2 heterocycles. The fourth-order valence-corrected chi connectivity index (χ4v) is 3.74. The molecule has 0 radical (unpaired) electrons. The van der Waals surface area contributed by atoms with E-state index >= 15 is 0 Å². The molecule has 2 aliphatic rings. The van der Waals surface area contributed by atoms with E-state index in [1.807, 2.05) is 24.7 Å². The Kier molecular flexibility index (Phi) is 6.56. The van der Waals surface area contributed by atoms with Crippen molar-refractivity contribution >= 4 is 5.69 Å². The summed E-state index contributed by atoms with van der Waals surface area (Å²) in [7, 11) is 0. The van der Waals surface area contributed by atoms with E-state index in [2.05, 4.69) is 10.00 Å². The number of rotatable bonds is 7. The maximum atomic E-state index is 6.06. The Hall–Kier alpha value is -1.31. The van der Waals surface area contributed by atoms with Crippen LogP contribution in [0.15, 0.2) is 6.20 Å². The van der Waals surface area contributed by atoms with Gasteiger partial charge in [-0.25, -0.2) is 0 Å². The van der Waals surface area contributed by atoms with Gasteiger partial charge >= 0.3 is 0 Å². The van der Waals surface area contributed by atoms with E-state index in [-0.39, 0.29) is 6.10 Å². The molecule has 0 bridgehead atoms. The Bertz CT molecular complexity index is 520. The van der Waals surface area contributed by atoms with Gasteiger partial charge in [0, 0.05) is 19.1 Å². The van der Waals surface area contributed by atoms with Crippen LogP contribution in [0.4, 0.5) is 5.69 Å². The molecule has 1 aromatic heterocycles. The standard InChI is InChI=1S/C18H32N4O3/c1-14(2)24-11-12-25-18-17(19)13-22(20-18)16-5-3-15(4-6-16)21-7-9-23-10-8-21/h13-16H,3-12,19H2,1-2H3. The average Bonchev–Trinajstić information content (AvgIpc) is 3.00. The van der Waals surface area contributed by atoms with Crippen LogP contribution < -0.4 is 10.5 Å². The summed E-state index contributed by atoms with van der Waals surface area (Å²) in [6.07, 6.45) is 6.82. The highest BCUT2D eigenvalue weighted by Gasteiger charge is 2.28. The van der Waals surface area contributed by atoms with Crippen molar-refractivity contribution < 1.29 is 14.2 Å². The summed E-state index contributed by atoms with van der Waals surface area (Å²) in [6, 6.07) is 1.11. The number of ether oxygens (including phenoxy) is 3. The average molecular weight is 352 g/mol. The topological polar surface area (TPSA) is 74.8 Å². The van der Waals surface area contributed by atoms with Gasteiger partial charge in [0.05, 0.1) is 38.2 Å². The molecule has 1 aliphatic carbocycles. The van der Waals surface area contributed by atoms with E-state index in [4.69, 9.17) is 19.9 Å². The molecule has 142 valence electrons. The lowest BCUT2D eigenvalue weighted by molar-refractivity contribution is 0.00501. The van der Waals surface area contributed by atoms with Crippen molar-refractivity contribution in [2.45, 2.75) is 57.7 Å². The van der Waals surface area contributed by atoms with E-state index in [0.717, 1.165) is 39.1 Å². The van der Waals surface area contributed by atoms with Gasteiger partial charge in [0.1, 0.15) is 12.3 Å². The summed E-state index contributed by atoms with van der Waals surface area (Å²) in [4.78, 5) is 2.58. The first kappa shape index (κ1) is 18.5. The minimum Gasteiger partial charge on any atom is -0.473 e. The molecular weight excluding hydrogens is 320 g/mol. The Balaban J connectivity index is 1.47. The summed E-state index contributed by atoms with van der Waals surface area (Å²) in [6.45, 7) is 8.93. The van der Waals surface area contributed by atoms with Crippen LogP contribution in [0.5, 0.6) is 5.88 Å². The molecule has 3 rings (SSSR count). The molecule has 0 spiro atoms. The molecule has 1 saturated heterocycles.